The van der Waals surface area contributed by atoms with Gasteiger partial charge in [-0.25, -0.2) is 5.32 Å². The van der Waals surface area contributed by atoms with Gasteiger partial charge < -0.3 is 11.1 Å². The molecule has 0 aromatic carbocycles. The number of primary amides is 1. The highest BCUT2D eigenvalue weighted by Gasteiger charge is 2.19. The molecular weight excluding hydrogens is 142 g/mol. The lowest BCUT2D eigenvalue weighted by molar-refractivity contribution is -0.120. The normalized spacial score (nSPS) is 32.8. The van der Waals surface area contributed by atoms with Crippen molar-refractivity contribution in [2.75, 3.05) is 13.1 Å². The first kappa shape index (κ1) is 8.49. The first-order chi connectivity index (χ1) is 5.20. The highest BCUT2D eigenvalue weighted by molar-refractivity contribution is 5.79. The maximum Gasteiger partial charge on any atom is 0.234 e. The highest BCUT2D eigenvalue weighted by Crippen LogP contribution is 1.97. The standard InChI is InChI=1S/C7H14N3O/c1-5-4-10-6(7(8)11)2-3-9-5/h5-6,10H,2-4H2,1H3,(H2,8,11). The number of nitrogens with zero attached hydrogens (tertiary/aromatic N) is 1. The number of hydrogen-bond acceptors (Lipinski definition) is 2. The van der Waals surface area contributed by atoms with Gasteiger partial charge >= 0.3 is 0 Å². The second kappa shape index (κ2) is 3.69. The van der Waals surface area contributed by atoms with E-state index in [1.165, 1.54) is 0 Å². The summed E-state index contributed by atoms with van der Waals surface area (Å²) in [5, 5.41) is 7.35. The van der Waals surface area contributed by atoms with Crippen molar-refractivity contribution in [1.29, 1.82) is 0 Å². The van der Waals surface area contributed by atoms with E-state index in [1.807, 2.05) is 6.92 Å². The molecule has 0 bridgehead atoms. The van der Waals surface area contributed by atoms with E-state index in [9.17, 15) is 4.79 Å². The molecule has 0 saturated carbocycles. The molecule has 1 heterocycles. The van der Waals surface area contributed by atoms with E-state index in [0.29, 0.717) is 6.04 Å². The predicted molar refractivity (Wildman–Crippen MR) is 42.1 cm³/mol. The molecule has 4 nitrogen and oxygen atoms in total. The summed E-state index contributed by atoms with van der Waals surface area (Å²) in [5.74, 6) is -0.269. The van der Waals surface area contributed by atoms with Gasteiger partial charge in [-0.2, -0.15) is 0 Å². The number of carbonyl (C=O) groups excluding carboxylic acids is 1. The van der Waals surface area contributed by atoms with E-state index >= 15 is 0 Å². The van der Waals surface area contributed by atoms with Crippen molar-refractivity contribution in [2.24, 2.45) is 5.73 Å². The summed E-state index contributed by atoms with van der Waals surface area (Å²) in [4.78, 5) is 10.7. The van der Waals surface area contributed by atoms with Crippen molar-refractivity contribution in [3.8, 4) is 0 Å². The van der Waals surface area contributed by atoms with Crippen LogP contribution in [0.25, 0.3) is 0 Å². The quantitative estimate of drug-likeness (QED) is 0.502. The van der Waals surface area contributed by atoms with Gasteiger partial charge in [0, 0.05) is 19.1 Å². The average Bonchev–Trinajstić information content (AvgIpc) is 2.13. The molecule has 1 aliphatic heterocycles. The van der Waals surface area contributed by atoms with Crippen LogP contribution in [-0.2, 0) is 4.79 Å². The Morgan fingerprint density at radius 1 is 1.73 bits per heavy atom. The molecule has 63 valence electrons. The molecule has 1 rings (SSSR count). The van der Waals surface area contributed by atoms with Gasteiger partial charge in [0.1, 0.15) is 0 Å². The van der Waals surface area contributed by atoms with Gasteiger partial charge in [0.25, 0.3) is 0 Å². The van der Waals surface area contributed by atoms with Crippen LogP contribution in [0.15, 0.2) is 0 Å². The summed E-state index contributed by atoms with van der Waals surface area (Å²) in [5.41, 5.74) is 5.14. The maximum absolute atomic E-state index is 10.7. The third kappa shape index (κ3) is 2.48. The first-order valence-corrected chi connectivity index (χ1v) is 3.89. The minimum atomic E-state index is -0.269. The molecule has 3 N–H and O–H groups in total. The Morgan fingerprint density at radius 3 is 3.09 bits per heavy atom. The number of rotatable bonds is 1. The molecule has 1 amide bonds. The fourth-order valence-electron chi connectivity index (χ4n) is 1.15. The SMILES string of the molecule is CC1CNC(C(N)=O)CC[N]1. The fourth-order valence-corrected chi connectivity index (χ4v) is 1.15. The predicted octanol–water partition coefficient (Wildman–Crippen LogP) is -1.17. The summed E-state index contributed by atoms with van der Waals surface area (Å²) in [6.45, 7) is 3.52. The van der Waals surface area contributed by atoms with Crippen LogP contribution < -0.4 is 16.4 Å². The van der Waals surface area contributed by atoms with Crippen LogP contribution in [0.4, 0.5) is 0 Å². The smallest absolute Gasteiger partial charge is 0.234 e. The van der Waals surface area contributed by atoms with E-state index in [-0.39, 0.29) is 11.9 Å². The Kier molecular flexibility index (Phi) is 2.84. The van der Waals surface area contributed by atoms with Crippen LogP contribution in [0.3, 0.4) is 0 Å². The zero-order valence-corrected chi connectivity index (χ0v) is 6.71. The number of nitrogens with one attached hydrogen (secondary N) is 1. The van der Waals surface area contributed by atoms with Crippen molar-refractivity contribution in [3.05, 3.63) is 0 Å². The summed E-state index contributed by atoms with van der Waals surface area (Å²) in [6, 6.07) is 0.128. The van der Waals surface area contributed by atoms with Gasteiger partial charge in [-0.15, -0.1) is 0 Å². The molecule has 1 aliphatic rings. The molecule has 0 aliphatic carbocycles. The number of nitrogens with two attached hydrogens (primary N) is 1. The Hall–Kier alpha value is -0.610. The van der Waals surface area contributed by atoms with E-state index < -0.39 is 0 Å². The molecule has 0 aromatic heterocycles. The minimum absolute atomic E-state index is 0.177. The van der Waals surface area contributed by atoms with Crippen molar-refractivity contribution >= 4 is 5.91 Å². The molecule has 1 saturated heterocycles. The molecule has 2 unspecified atom stereocenters. The summed E-state index contributed by atoms with van der Waals surface area (Å²) in [6.07, 6.45) is 0.736. The van der Waals surface area contributed by atoms with Gasteiger partial charge in [0.05, 0.1) is 6.04 Å². The van der Waals surface area contributed by atoms with Crippen molar-refractivity contribution < 1.29 is 4.79 Å². The topological polar surface area (TPSA) is 69.2 Å². The van der Waals surface area contributed by atoms with Crippen LogP contribution in [0.2, 0.25) is 0 Å². The van der Waals surface area contributed by atoms with E-state index in [0.717, 1.165) is 19.5 Å². The second-order valence-electron chi connectivity index (χ2n) is 2.91. The van der Waals surface area contributed by atoms with Crippen LogP contribution in [-0.4, -0.2) is 31.1 Å². The van der Waals surface area contributed by atoms with Crippen LogP contribution in [0, 0.1) is 0 Å². The molecule has 2 atom stereocenters. The molecule has 1 fully saturated rings. The fraction of sp³-hybridized carbons (Fsp3) is 0.857. The summed E-state index contributed by atoms with van der Waals surface area (Å²) in [7, 11) is 0. The number of carbonyl (C=O) groups is 1. The third-order valence-corrected chi connectivity index (χ3v) is 1.86. The minimum Gasteiger partial charge on any atom is -0.368 e. The number of amides is 1. The van der Waals surface area contributed by atoms with Gasteiger partial charge in [-0.3, -0.25) is 4.79 Å². The molecule has 11 heavy (non-hydrogen) atoms. The van der Waals surface area contributed by atoms with Crippen LogP contribution in [0.5, 0.6) is 0 Å². The van der Waals surface area contributed by atoms with Crippen molar-refractivity contribution in [2.45, 2.75) is 25.4 Å². The number of hydrogen-bond donors (Lipinski definition) is 2. The van der Waals surface area contributed by atoms with Gasteiger partial charge in [0.15, 0.2) is 0 Å². The second-order valence-corrected chi connectivity index (χ2v) is 2.91. The third-order valence-electron chi connectivity index (χ3n) is 1.86. The first-order valence-electron chi connectivity index (χ1n) is 3.89. The average molecular weight is 156 g/mol. The molecule has 0 spiro atoms. The summed E-state index contributed by atoms with van der Waals surface area (Å²) < 4.78 is 0. The largest absolute Gasteiger partial charge is 0.368 e. The van der Waals surface area contributed by atoms with Gasteiger partial charge in [0.2, 0.25) is 5.91 Å². The monoisotopic (exact) mass is 156 g/mol. The molecule has 4 heteroatoms. The van der Waals surface area contributed by atoms with E-state index in [1.54, 1.807) is 0 Å². The maximum atomic E-state index is 10.7. The van der Waals surface area contributed by atoms with Gasteiger partial charge in [-0.05, 0) is 13.3 Å². The van der Waals surface area contributed by atoms with E-state index in [4.69, 9.17) is 5.73 Å². The zero-order valence-electron chi connectivity index (χ0n) is 6.71. The van der Waals surface area contributed by atoms with Crippen LogP contribution >= 0.6 is 0 Å². The Morgan fingerprint density at radius 2 is 2.45 bits per heavy atom. The van der Waals surface area contributed by atoms with Crippen LogP contribution in [0.1, 0.15) is 13.3 Å². The van der Waals surface area contributed by atoms with Crippen molar-refractivity contribution in [3.63, 3.8) is 0 Å². The molecular formula is C7H14N3O. The van der Waals surface area contributed by atoms with Gasteiger partial charge in [-0.1, -0.05) is 0 Å². The lowest BCUT2D eigenvalue weighted by Crippen LogP contribution is -2.42. The Balaban J connectivity index is 2.40. The van der Waals surface area contributed by atoms with E-state index in [2.05, 4.69) is 10.6 Å². The lowest BCUT2D eigenvalue weighted by Gasteiger charge is -2.10. The lowest BCUT2D eigenvalue weighted by atomic mass is 10.2. The molecule has 1 radical (unpaired) electrons. The molecule has 0 aromatic rings. The Labute approximate surface area is 66.5 Å². The van der Waals surface area contributed by atoms with Crippen molar-refractivity contribution in [1.82, 2.24) is 10.6 Å². The summed E-state index contributed by atoms with van der Waals surface area (Å²) >= 11 is 0. The zero-order chi connectivity index (χ0) is 8.27. The Bertz CT molecular complexity index is 149. The highest BCUT2D eigenvalue weighted by atomic mass is 16.1.